The highest BCUT2D eigenvalue weighted by molar-refractivity contribution is 7.08. The molecule has 1 aliphatic heterocycles. The molecule has 1 N–H and O–H groups in total. The van der Waals surface area contributed by atoms with E-state index in [0.29, 0.717) is 30.9 Å². The maximum absolute atomic E-state index is 5.35. The number of hydrogen-bond donors (Lipinski definition) is 1. The lowest BCUT2D eigenvalue weighted by Gasteiger charge is -2.27. The molecular weight excluding hydrogens is 262 g/mol. The van der Waals surface area contributed by atoms with Crippen molar-refractivity contribution in [1.29, 1.82) is 0 Å². The van der Waals surface area contributed by atoms with E-state index < -0.39 is 0 Å². The van der Waals surface area contributed by atoms with Gasteiger partial charge in [0.05, 0.1) is 13.2 Å². The average molecular weight is 277 g/mol. The summed E-state index contributed by atoms with van der Waals surface area (Å²) in [7, 11) is 1.82. The molecule has 3 rings (SSSR count). The zero-order valence-corrected chi connectivity index (χ0v) is 11.5. The number of nitrogens with one attached hydrogen (secondary N) is 1. The van der Waals surface area contributed by atoms with Crippen molar-refractivity contribution in [3.8, 4) is 11.4 Å². The molecule has 0 unspecified atom stereocenters. The van der Waals surface area contributed by atoms with Crippen LogP contribution in [0.15, 0.2) is 16.8 Å². The van der Waals surface area contributed by atoms with Gasteiger partial charge in [-0.1, -0.05) is 0 Å². The highest BCUT2D eigenvalue weighted by Crippen LogP contribution is 2.22. The zero-order chi connectivity index (χ0) is 13.1. The van der Waals surface area contributed by atoms with Gasteiger partial charge in [0.15, 0.2) is 5.82 Å². The fourth-order valence-electron chi connectivity index (χ4n) is 1.90. The van der Waals surface area contributed by atoms with E-state index in [2.05, 4.69) is 25.2 Å². The van der Waals surface area contributed by atoms with Crippen LogP contribution < -0.4 is 10.2 Å². The Bertz CT molecular complexity index is 539. The molecule has 2 aromatic rings. The summed E-state index contributed by atoms with van der Waals surface area (Å²) < 4.78 is 5.35. The molecule has 0 aliphatic carbocycles. The predicted octanol–water partition coefficient (Wildman–Crippen LogP) is 1.48. The quantitative estimate of drug-likeness (QED) is 0.917. The molecular formula is C12H15N5OS. The van der Waals surface area contributed by atoms with E-state index in [-0.39, 0.29) is 0 Å². The van der Waals surface area contributed by atoms with Gasteiger partial charge in [-0.2, -0.15) is 26.3 Å². The van der Waals surface area contributed by atoms with E-state index in [1.165, 1.54) is 0 Å². The lowest BCUT2D eigenvalue weighted by atomic mass is 10.3. The first-order valence-electron chi connectivity index (χ1n) is 6.16. The summed E-state index contributed by atoms with van der Waals surface area (Å²) >= 11 is 1.63. The van der Waals surface area contributed by atoms with Crippen LogP contribution in [0.5, 0.6) is 0 Å². The Kier molecular flexibility index (Phi) is 3.56. The second kappa shape index (κ2) is 5.50. The first-order chi connectivity index (χ1) is 9.36. The number of thiophene rings is 1. The number of anilines is 2. The number of morpholine rings is 1. The van der Waals surface area contributed by atoms with Crippen molar-refractivity contribution in [2.45, 2.75) is 0 Å². The van der Waals surface area contributed by atoms with Crippen LogP contribution in [0.1, 0.15) is 0 Å². The first kappa shape index (κ1) is 12.3. The summed E-state index contributed by atoms with van der Waals surface area (Å²) in [6.45, 7) is 3.06. The minimum Gasteiger partial charge on any atom is -0.378 e. The SMILES string of the molecule is CNc1nc(-c2ccsc2)nc(N2CCOCC2)n1. The molecule has 3 heterocycles. The van der Waals surface area contributed by atoms with Gasteiger partial charge in [-0.05, 0) is 11.4 Å². The third-order valence-electron chi connectivity index (χ3n) is 2.92. The Hall–Kier alpha value is -1.73. The van der Waals surface area contributed by atoms with Gasteiger partial charge in [0.25, 0.3) is 0 Å². The Morgan fingerprint density at radius 1 is 1.26 bits per heavy atom. The number of ether oxygens (including phenoxy) is 1. The molecule has 2 aromatic heterocycles. The first-order valence-corrected chi connectivity index (χ1v) is 7.10. The highest BCUT2D eigenvalue weighted by atomic mass is 32.1. The van der Waals surface area contributed by atoms with Crippen LogP contribution in [0.2, 0.25) is 0 Å². The Morgan fingerprint density at radius 3 is 2.79 bits per heavy atom. The second-order valence-corrected chi connectivity index (χ2v) is 4.92. The second-order valence-electron chi connectivity index (χ2n) is 4.14. The van der Waals surface area contributed by atoms with E-state index in [0.717, 1.165) is 18.7 Å². The van der Waals surface area contributed by atoms with E-state index in [1.54, 1.807) is 11.3 Å². The molecule has 19 heavy (non-hydrogen) atoms. The maximum atomic E-state index is 5.35. The topological polar surface area (TPSA) is 63.2 Å². The molecule has 0 saturated carbocycles. The van der Waals surface area contributed by atoms with Crippen LogP contribution in [0.3, 0.4) is 0 Å². The summed E-state index contributed by atoms with van der Waals surface area (Å²) in [5.41, 5.74) is 1.03. The Labute approximate surface area is 115 Å². The van der Waals surface area contributed by atoms with Gasteiger partial charge in [-0.3, -0.25) is 0 Å². The summed E-state index contributed by atoms with van der Waals surface area (Å²) in [5, 5.41) is 7.05. The van der Waals surface area contributed by atoms with E-state index in [4.69, 9.17) is 4.74 Å². The monoisotopic (exact) mass is 277 g/mol. The molecule has 0 amide bonds. The van der Waals surface area contributed by atoms with Gasteiger partial charge in [0, 0.05) is 31.1 Å². The molecule has 100 valence electrons. The van der Waals surface area contributed by atoms with Crippen molar-refractivity contribution in [1.82, 2.24) is 15.0 Å². The van der Waals surface area contributed by atoms with Gasteiger partial charge in [-0.25, -0.2) is 0 Å². The molecule has 1 saturated heterocycles. The standard InChI is InChI=1S/C12H15N5OS/c1-13-11-14-10(9-2-7-19-8-9)15-12(16-11)17-3-5-18-6-4-17/h2,7-8H,3-6H2,1H3,(H,13,14,15,16). The summed E-state index contributed by atoms with van der Waals surface area (Å²) in [6.07, 6.45) is 0. The minimum atomic E-state index is 0.595. The van der Waals surface area contributed by atoms with E-state index in [9.17, 15) is 0 Å². The lowest BCUT2D eigenvalue weighted by Crippen LogP contribution is -2.37. The summed E-state index contributed by atoms with van der Waals surface area (Å²) in [5.74, 6) is 2.02. The van der Waals surface area contributed by atoms with Crippen molar-refractivity contribution in [2.75, 3.05) is 43.6 Å². The van der Waals surface area contributed by atoms with Crippen LogP contribution in [-0.2, 0) is 4.74 Å². The Morgan fingerprint density at radius 2 is 2.11 bits per heavy atom. The highest BCUT2D eigenvalue weighted by Gasteiger charge is 2.16. The average Bonchev–Trinajstić information content (AvgIpc) is 3.02. The summed E-state index contributed by atoms with van der Waals surface area (Å²) in [4.78, 5) is 15.5. The van der Waals surface area contributed by atoms with Crippen LogP contribution in [0, 0.1) is 0 Å². The van der Waals surface area contributed by atoms with Crippen LogP contribution in [-0.4, -0.2) is 48.3 Å². The van der Waals surface area contributed by atoms with Crippen molar-refractivity contribution in [3.63, 3.8) is 0 Å². The number of rotatable bonds is 3. The zero-order valence-electron chi connectivity index (χ0n) is 10.7. The Balaban J connectivity index is 1.97. The van der Waals surface area contributed by atoms with Gasteiger partial charge < -0.3 is 15.0 Å². The molecule has 1 fully saturated rings. The van der Waals surface area contributed by atoms with Gasteiger partial charge in [-0.15, -0.1) is 0 Å². The van der Waals surface area contributed by atoms with Crippen molar-refractivity contribution < 1.29 is 4.74 Å². The van der Waals surface area contributed by atoms with Gasteiger partial charge >= 0.3 is 0 Å². The molecule has 0 radical (unpaired) electrons. The van der Waals surface area contributed by atoms with Gasteiger partial charge in [0.2, 0.25) is 11.9 Å². The predicted molar refractivity (Wildman–Crippen MR) is 75.7 cm³/mol. The molecule has 0 atom stereocenters. The lowest BCUT2D eigenvalue weighted by molar-refractivity contribution is 0.122. The summed E-state index contributed by atoms with van der Waals surface area (Å²) in [6, 6.07) is 2.02. The molecule has 0 aromatic carbocycles. The third-order valence-corrected chi connectivity index (χ3v) is 3.60. The minimum absolute atomic E-state index is 0.595. The van der Waals surface area contributed by atoms with Crippen molar-refractivity contribution in [2.24, 2.45) is 0 Å². The third kappa shape index (κ3) is 2.66. The van der Waals surface area contributed by atoms with E-state index in [1.807, 2.05) is 23.9 Å². The molecule has 0 spiro atoms. The van der Waals surface area contributed by atoms with Crippen LogP contribution >= 0.6 is 11.3 Å². The van der Waals surface area contributed by atoms with Crippen molar-refractivity contribution >= 4 is 23.2 Å². The molecule has 0 bridgehead atoms. The fourth-order valence-corrected chi connectivity index (χ4v) is 2.54. The van der Waals surface area contributed by atoms with Crippen LogP contribution in [0.25, 0.3) is 11.4 Å². The van der Waals surface area contributed by atoms with Gasteiger partial charge in [0.1, 0.15) is 0 Å². The molecule has 7 heteroatoms. The number of aromatic nitrogens is 3. The van der Waals surface area contributed by atoms with E-state index >= 15 is 0 Å². The normalized spacial score (nSPS) is 15.5. The molecule has 1 aliphatic rings. The fraction of sp³-hybridized carbons (Fsp3) is 0.417. The maximum Gasteiger partial charge on any atom is 0.230 e. The number of nitrogens with zero attached hydrogens (tertiary/aromatic N) is 4. The molecule has 6 nitrogen and oxygen atoms in total. The van der Waals surface area contributed by atoms with Crippen LogP contribution in [0.4, 0.5) is 11.9 Å². The van der Waals surface area contributed by atoms with Crippen molar-refractivity contribution in [3.05, 3.63) is 16.8 Å². The smallest absolute Gasteiger partial charge is 0.230 e. The largest absolute Gasteiger partial charge is 0.378 e. The number of hydrogen-bond acceptors (Lipinski definition) is 7.